The maximum Gasteiger partial charge on any atom is 0.337 e. The maximum atomic E-state index is 12.8. The van der Waals surface area contributed by atoms with Gasteiger partial charge in [0.1, 0.15) is 24.4 Å². The molecule has 0 unspecified atom stereocenters. The zero-order valence-corrected chi connectivity index (χ0v) is 22.9. The largest absolute Gasteiger partial charge is 0.471 e. The lowest BCUT2D eigenvalue weighted by atomic mass is 9.78. The fraction of sp³-hybridized carbons (Fsp3) is 0.519. The number of hydrogen-bond donors (Lipinski definition) is 6. The van der Waals surface area contributed by atoms with Crippen molar-refractivity contribution < 1.29 is 44.2 Å². The molecular weight excluding hydrogens is 576 g/mol. The van der Waals surface area contributed by atoms with Crippen molar-refractivity contribution in [2.75, 3.05) is 20.3 Å². The highest BCUT2D eigenvalue weighted by molar-refractivity contribution is 9.10. The number of carbonyl (C=O) groups excluding carboxylic acids is 1. The summed E-state index contributed by atoms with van der Waals surface area (Å²) in [6, 6.07) is 5.97. The summed E-state index contributed by atoms with van der Waals surface area (Å²) < 4.78 is 23.2. The van der Waals surface area contributed by atoms with E-state index in [1.807, 2.05) is 12.1 Å². The molecule has 39 heavy (non-hydrogen) atoms. The number of aliphatic hydroxyl groups is 4. The van der Waals surface area contributed by atoms with Crippen LogP contribution in [0.3, 0.4) is 0 Å². The van der Waals surface area contributed by atoms with Gasteiger partial charge in [-0.3, -0.25) is 0 Å². The van der Waals surface area contributed by atoms with E-state index in [9.17, 15) is 25.2 Å². The van der Waals surface area contributed by atoms with Gasteiger partial charge < -0.3 is 49.7 Å². The molecule has 1 saturated heterocycles. The fourth-order valence-electron chi connectivity index (χ4n) is 5.76. The molecule has 0 radical (unpaired) electrons. The van der Waals surface area contributed by atoms with Gasteiger partial charge in [0.05, 0.1) is 25.6 Å². The zero-order chi connectivity index (χ0) is 27.8. The average Bonchev–Trinajstić information content (AvgIpc) is 3.31. The first-order valence-corrected chi connectivity index (χ1v) is 13.6. The van der Waals surface area contributed by atoms with Crippen LogP contribution >= 0.6 is 15.9 Å². The topological polar surface area (TPSA) is 163 Å². The van der Waals surface area contributed by atoms with E-state index in [1.54, 1.807) is 6.08 Å². The summed E-state index contributed by atoms with van der Waals surface area (Å²) in [5.41, 5.74) is 3.59. The predicted molar refractivity (Wildman–Crippen MR) is 142 cm³/mol. The van der Waals surface area contributed by atoms with Gasteiger partial charge in [0.15, 0.2) is 6.29 Å². The van der Waals surface area contributed by atoms with Crippen LogP contribution in [0.25, 0.3) is 10.9 Å². The lowest BCUT2D eigenvalue weighted by Gasteiger charge is -2.43. The average molecular weight is 609 g/mol. The van der Waals surface area contributed by atoms with Crippen LogP contribution in [-0.2, 0) is 30.2 Å². The van der Waals surface area contributed by atoms with Crippen LogP contribution in [0.5, 0.6) is 0 Å². The Balaban J connectivity index is 1.43. The second-order valence-corrected chi connectivity index (χ2v) is 10.9. The van der Waals surface area contributed by atoms with Crippen LogP contribution in [0.4, 0.5) is 0 Å². The first-order valence-electron chi connectivity index (χ1n) is 12.8. The van der Waals surface area contributed by atoms with Crippen molar-refractivity contribution in [2.45, 2.75) is 55.9 Å². The first kappa shape index (κ1) is 28.2. The quantitative estimate of drug-likeness (QED) is 0.198. The van der Waals surface area contributed by atoms with Gasteiger partial charge in [-0.1, -0.05) is 22.0 Å². The Labute approximate surface area is 233 Å². The second-order valence-electron chi connectivity index (χ2n) is 10.0. The van der Waals surface area contributed by atoms with Gasteiger partial charge >= 0.3 is 5.97 Å². The van der Waals surface area contributed by atoms with E-state index in [0.717, 1.165) is 34.0 Å². The summed E-state index contributed by atoms with van der Waals surface area (Å²) in [5, 5.41) is 45.0. The van der Waals surface area contributed by atoms with Gasteiger partial charge in [0.25, 0.3) is 0 Å². The molecule has 0 bridgehead atoms. The summed E-state index contributed by atoms with van der Waals surface area (Å²) in [5.74, 6) is -1.59. The molecule has 212 valence electrons. The third-order valence-corrected chi connectivity index (χ3v) is 8.32. The SMILES string of the molecule is C=C[C@H]1[C@H](O[C@@H]2O[C@H](CO)[C@@H](O)[C@H](O)[C@H]2O)OC=C(C(=O)OC)[C@H]1C[C@@H]1NCCc2c1[nH]c1ccc(Br)cc21. The molecule has 5 rings (SSSR count). The molecule has 3 aliphatic heterocycles. The molecule has 6 N–H and O–H groups in total. The fourth-order valence-corrected chi connectivity index (χ4v) is 6.12. The van der Waals surface area contributed by atoms with E-state index >= 15 is 0 Å². The molecule has 0 spiro atoms. The smallest absolute Gasteiger partial charge is 0.337 e. The Kier molecular flexibility index (Phi) is 8.45. The van der Waals surface area contributed by atoms with Gasteiger partial charge in [-0.2, -0.15) is 0 Å². The van der Waals surface area contributed by atoms with Crippen LogP contribution in [-0.4, -0.2) is 88.6 Å². The van der Waals surface area contributed by atoms with E-state index in [4.69, 9.17) is 18.9 Å². The molecule has 4 heterocycles. The third kappa shape index (κ3) is 5.27. The molecule has 1 aromatic carbocycles. The summed E-state index contributed by atoms with van der Waals surface area (Å²) in [7, 11) is 1.30. The van der Waals surface area contributed by atoms with Gasteiger partial charge in [-0.15, -0.1) is 6.58 Å². The van der Waals surface area contributed by atoms with Gasteiger partial charge in [0.2, 0.25) is 6.29 Å². The zero-order valence-electron chi connectivity index (χ0n) is 21.3. The van der Waals surface area contributed by atoms with Crippen molar-refractivity contribution in [3.8, 4) is 0 Å². The van der Waals surface area contributed by atoms with E-state index < -0.39 is 61.4 Å². The molecule has 3 aliphatic rings. The Bertz CT molecular complexity index is 1250. The summed E-state index contributed by atoms with van der Waals surface area (Å²) in [4.78, 5) is 16.3. The van der Waals surface area contributed by atoms with Crippen molar-refractivity contribution >= 4 is 32.8 Å². The number of aromatic nitrogens is 1. The lowest BCUT2D eigenvalue weighted by Crippen LogP contribution is -2.60. The Morgan fingerprint density at radius 1 is 1.23 bits per heavy atom. The summed E-state index contributed by atoms with van der Waals surface area (Å²) in [6.07, 6.45) is -4.10. The van der Waals surface area contributed by atoms with E-state index in [-0.39, 0.29) is 6.04 Å². The van der Waals surface area contributed by atoms with Gasteiger partial charge in [-0.05, 0) is 43.1 Å². The molecule has 1 fully saturated rings. The van der Waals surface area contributed by atoms with E-state index in [2.05, 4.69) is 38.9 Å². The number of hydrogen-bond acceptors (Lipinski definition) is 10. The molecular formula is C27H33BrN2O9. The number of nitrogens with one attached hydrogen (secondary N) is 2. The summed E-state index contributed by atoms with van der Waals surface area (Å²) in [6.45, 7) is 4.11. The highest BCUT2D eigenvalue weighted by Gasteiger charge is 2.48. The normalized spacial score (nSPS) is 34.6. The molecule has 2 aromatic rings. The lowest BCUT2D eigenvalue weighted by molar-refractivity contribution is -0.339. The third-order valence-electron chi connectivity index (χ3n) is 7.82. The number of methoxy groups -OCH3 is 1. The monoisotopic (exact) mass is 608 g/mol. The molecule has 0 amide bonds. The number of aliphatic hydroxyl groups excluding tert-OH is 4. The first-order chi connectivity index (χ1) is 18.8. The van der Waals surface area contributed by atoms with Crippen molar-refractivity contribution in [3.05, 3.63) is 58.4 Å². The summed E-state index contributed by atoms with van der Waals surface area (Å²) >= 11 is 3.56. The number of ether oxygens (including phenoxy) is 4. The molecule has 1 aromatic heterocycles. The van der Waals surface area contributed by atoms with E-state index in [1.165, 1.54) is 18.9 Å². The highest BCUT2D eigenvalue weighted by atomic mass is 79.9. The van der Waals surface area contributed by atoms with Crippen LogP contribution in [0.1, 0.15) is 23.7 Å². The van der Waals surface area contributed by atoms with Crippen LogP contribution < -0.4 is 5.32 Å². The van der Waals surface area contributed by atoms with Crippen molar-refractivity contribution in [2.24, 2.45) is 11.8 Å². The molecule has 0 aliphatic carbocycles. The Morgan fingerprint density at radius 3 is 2.74 bits per heavy atom. The number of halogens is 1. The number of fused-ring (bicyclic) bond motifs is 3. The van der Waals surface area contributed by atoms with Crippen LogP contribution in [0, 0.1) is 11.8 Å². The molecule has 12 heteroatoms. The Morgan fingerprint density at radius 2 is 2.03 bits per heavy atom. The predicted octanol–water partition coefficient (Wildman–Crippen LogP) is 1.16. The van der Waals surface area contributed by atoms with E-state index in [0.29, 0.717) is 12.0 Å². The van der Waals surface area contributed by atoms with Crippen molar-refractivity contribution in [3.63, 3.8) is 0 Å². The van der Waals surface area contributed by atoms with Crippen LogP contribution in [0.15, 0.2) is 47.2 Å². The van der Waals surface area contributed by atoms with Gasteiger partial charge in [-0.25, -0.2) is 4.79 Å². The molecule has 11 nitrogen and oxygen atoms in total. The number of benzene rings is 1. The van der Waals surface area contributed by atoms with Crippen molar-refractivity contribution in [1.82, 2.24) is 10.3 Å². The number of rotatable bonds is 7. The minimum absolute atomic E-state index is 0.133. The minimum Gasteiger partial charge on any atom is -0.471 e. The standard InChI is InChI=1S/C27H33BrN2O9/c1-3-13-15(9-19-21-14(6-7-29-19)16-8-12(28)4-5-18(16)30-21)17(25(35)36-2)11-37-26(13)39-27-24(34)23(33)22(32)20(10-31)38-27/h3-5,8,11,13,15,19-20,22-24,26-27,29-34H,1,6-7,9-10H2,2H3/t13-,15+,19+,20-,22-,23+,24-,26+,27+/m1/s1. The Hall–Kier alpha value is -2.29. The number of esters is 1. The minimum atomic E-state index is -1.60. The molecule has 9 atom stereocenters. The highest BCUT2D eigenvalue weighted by Crippen LogP contribution is 2.42. The number of H-pyrrole nitrogens is 1. The van der Waals surface area contributed by atoms with Crippen LogP contribution in [0.2, 0.25) is 0 Å². The number of aromatic amines is 1. The maximum absolute atomic E-state index is 12.8. The molecule has 0 saturated carbocycles. The van der Waals surface area contributed by atoms with Crippen molar-refractivity contribution in [1.29, 1.82) is 0 Å². The number of carbonyl (C=O) groups is 1. The van der Waals surface area contributed by atoms with Gasteiger partial charge in [0, 0.05) is 38.9 Å². The second kappa shape index (κ2) is 11.7.